The van der Waals surface area contributed by atoms with Crippen molar-refractivity contribution in [2.75, 3.05) is 6.54 Å². The first kappa shape index (κ1) is 17.4. The van der Waals surface area contributed by atoms with Gasteiger partial charge in [-0.15, -0.1) is 6.58 Å². The summed E-state index contributed by atoms with van der Waals surface area (Å²) in [6.07, 6.45) is 1.56. The minimum Gasteiger partial charge on any atom is -0.272 e. The molecule has 7 heteroatoms. The number of hydrogen-bond donors (Lipinski definition) is 0. The van der Waals surface area contributed by atoms with Crippen molar-refractivity contribution in [1.82, 2.24) is 4.31 Å². The molecule has 25 heavy (non-hydrogen) atoms. The van der Waals surface area contributed by atoms with E-state index < -0.39 is 21.2 Å². The molecule has 128 valence electrons. The number of thioether (sulfide) groups is 1. The van der Waals surface area contributed by atoms with Gasteiger partial charge in [0.2, 0.25) is 0 Å². The molecule has 0 radical (unpaired) electrons. The average molecular weight is 372 g/mol. The number of rotatable bonds is 5. The predicted molar refractivity (Wildman–Crippen MR) is 99.7 cm³/mol. The van der Waals surface area contributed by atoms with Crippen LogP contribution in [0.5, 0.6) is 0 Å². The lowest BCUT2D eigenvalue weighted by Gasteiger charge is -2.16. The van der Waals surface area contributed by atoms with E-state index in [9.17, 15) is 13.2 Å². The number of nitrogens with zero attached hydrogens (tertiary/aromatic N) is 2. The zero-order valence-electron chi connectivity index (χ0n) is 13.3. The van der Waals surface area contributed by atoms with Crippen molar-refractivity contribution in [2.45, 2.75) is 10.1 Å². The molecule has 0 N–H and O–H groups in total. The van der Waals surface area contributed by atoms with E-state index in [-0.39, 0.29) is 16.6 Å². The van der Waals surface area contributed by atoms with Crippen molar-refractivity contribution >= 4 is 32.9 Å². The number of amides is 1. The molecule has 1 aliphatic heterocycles. The van der Waals surface area contributed by atoms with Crippen LogP contribution in [-0.4, -0.2) is 30.3 Å². The Hall–Kier alpha value is -2.38. The Labute approximate surface area is 151 Å². The standard InChI is InChI=1S/C18H16N2O3S2/c1-2-13-19-18-20(25(22,23)15-11-7-4-8-12-15)17(21)16(24-18)14-9-5-3-6-10-14/h2-12,16H,1,13H2/t16-/m1/s1. The largest absolute Gasteiger partial charge is 0.272 e. The van der Waals surface area contributed by atoms with Gasteiger partial charge in [0.05, 0.1) is 11.4 Å². The van der Waals surface area contributed by atoms with E-state index in [0.717, 1.165) is 21.6 Å². The van der Waals surface area contributed by atoms with E-state index in [1.807, 2.05) is 18.2 Å². The highest BCUT2D eigenvalue weighted by Gasteiger charge is 2.46. The third-order valence-corrected chi connectivity index (χ3v) is 6.61. The van der Waals surface area contributed by atoms with Gasteiger partial charge in [-0.05, 0) is 17.7 Å². The number of sulfonamides is 1. The highest BCUT2D eigenvalue weighted by atomic mass is 32.2. The fourth-order valence-electron chi connectivity index (χ4n) is 2.41. The van der Waals surface area contributed by atoms with Crippen LogP contribution in [0.2, 0.25) is 0 Å². The molecule has 0 aliphatic carbocycles. The van der Waals surface area contributed by atoms with E-state index >= 15 is 0 Å². The van der Waals surface area contributed by atoms with Crippen LogP contribution in [-0.2, 0) is 14.8 Å². The number of amidine groups is 1. The Morgan fingerprint density at radius 2 is 1.68 bits per heavy atom. The quantitative estimate of drug-likeness (QED) is 0.756. The fraction of sp³-hybridized carbons (Fsp3) is 0.111. The third-order valence-electron chi connectivity index (χ3n) is 3.56. The fourth-order valence-corrected chi connectivity index (χ4v) is 5.26. The number of benzene rings is 2. The zero-order valence-corrected chi connectivity index (χ0v) is 14.9. The molecule has 1 aliphatic rings. The normalized spacial score (nSPS) is 19.4. The van der Waals surface area contributed by atoms with E-state index in [1.165, 1.54) is 12.1 Å². The molecular formula is C18H16N2O3S2. The molecule has 5 nitrogen and oxygen atoms in total. The maximum Gasteiger partial charge on any atom is 0.272 e. The molecule has 3 rings (SSSR count). The van der Waals surface area contributed by atoms with Crippen molar-refractivity contribution in [3.8, 4) is 0 Å². The molecule has 1 amide bonds. The van der Waals surface area contributed by atoms with Gasteiger partial charge in [-0.3, -0.25) is 9.79 Å². The number of carbonyl (C=O) groups excluding carboxylic acids is 1. The van der Waals surface area contributed by atoms with Crippen LogP contribution in [0.25, 0.3) is 0 Å². The SMILES string of the molecule is C=CCN=C1S[C@H](c2ccccc2)C(=O)N1S(=O)(=O)c1ccccc1. The van der Waals surface area contributed by atoms with E-state index in [2.05, 4.69) is 11.6 Å². The second-order valence-electron chi connectivity index (χ2n) is 5.24. The van der Waals surface area contributed by atoms with Gasteiger partial charge < -0.3 is 0 Å². The van der Waals surface area contributed by atoms with Gasteiger partial charge in [0, 0.05) is 0 Å². The Balaban J connectivity index is 2.06. The number of hydrogen-bond acceptors (Lipinski definition) is 5. The molecule has 1 heterocycles. The highest BCUT2D eigenvalue weighted by molar-refractivity contribution is 8.16. The maximum absolute atomic E-state index is 13.0. The molecule has 0 saturated carbocycles. The lowest BCUT2D eigenvalue weighted by Crippen LogP contribution is -2.36. The Kier molecular flexibility index (Phi) is 5.06. The van der Waals surface area contributed by atoms with Crippen molar-refractivity contribution < 1.29 is 13.2 Å². The summed E-state index contributed by atoms with van der Waals surface area (Å²) >= 11 is 1.14. The minimum absolute atomic E-state index is 0.0592. The van der Waals surface area contributed by atoms with Crippen molar-refractivity contribution in [3.05, 3.63) is 78.9 Å². The second kappa shape index (κ2) is 7.25. The lowest BCUT2D eigenvalue weighted by molar-refractivity contribution is -0.122. The van der Waals surface area contributed by atoms with Crippen LogP contribution < -0.4 is 0 Å². The van der Waals surface area contributed by atoms with Gasteiger partial charge >= 0.3 is 0 Å². The molecule has 2 aromatic carbocycles. The smallest absolute Gasteiger partial charge is 0.272 e. The molecule has 0 spiro atoms. The van der Waals surface area contributed by atoms with Gasteiger partial charge in [-0.25, -0.2) is 8.42 Å². The summed E-state index contributed by atoms with van der Waals surface area (Å²) in [7, 11) is -4.01. The summed E-state index contributed by atoms with van der Waals surface area (Å²) in [5.74, 6) is -0.511. The molecule has 0 aromatic heterocycles. The Morgan fingerprint density at radius 3 is 2.28 bits per heavy atom. The minimum atomic E-state index is -4.01. The molecule has 1 atom stereocenters. The Bertz CT molecular complexity index is 910. The highest BCUT2D eigenvalue weighted by Crippen LogP contribution is 2.41. The number of carbonyl (C=O) groups is 1. The summed E-state index contributed by atoms with van der Waals surface area (Å²) in [6, 6.07) is 17.0. The maximum atomic E-state index is 13.0. The summed E-state index contributed by atoms with van der Waals surface area (Å²) in [5.41, 5.74) is 0.745. The van der Waals surface area contributed by atoms with Gasteiger partial charge in [-0.1, -0.05) is 66.4 Å². The van der Waals surface area contributed by atoms with Crippen molar-refractivity contribution in [1.29, 1.82) is 0 Å². The topological polar surface area (TPSA) is 66.8 Å². The van der Waals surface area contributed by atoms with Gasteiger partial charge in [0.15, 0.2) is 5.17 Å². The van der Waals surface area contributed by atoms with Crippen LogP contribution >= 0.6 is 11.8 Å². The predicted octanol–water partition coefficient (Wildman–Crippen LogP) is 3.23. The van der Waals surface area contributed by atoms with Gasteiger partial charge in [0.1, 0.15) is 5.25 Å². The van der Waals surface area contributed by atoms with E-state index in [1.54, 1.807) is 36.4 Å². The van der Waals surface area contributed by atoms with Crippen LogP contribution in [0.15, 0.2) is 83.2 Å². The monoisotopic (exact) mass is 372 g/mol. The van der Waals surface area contributed by atoms with Crippen molar-refractivity contribution in [3.63, 3.8) is 0 Å². The molecule has 0 bridgehead atoms. The summed E-state index contributed by atoms with van der Waals surface area (Å²) < 4.78 is 26.8. The summed E-state index contributed by atoms with van der Waals surface area (Å²) in [5, 5.41) is -0.467. The van der Waals surface area contributed by atoms with Crippen LogP contribution in [0, 0.1) is 0 Å². The number of aliphatic imine (C=N–C) groups is 1. The average Bonchev–Trinajstić information content (AvgIpc) is 2.98. The van der Waals surface area contributed by atoms with E-state index in [4.69, 9.17) is 0 Å². The van der Waals surface area contributed by atoms with E-state index in [0.29, 0.717) is 0 Å². The molecule has 1 fully saturated rings. The summed E-state index contributed by atoms with van der Waals surface area (Å²) in [4.78, 5) is 17.2. The van der Waals surface area contributed by atoms with Gasteiger partial charge in [-0.2, -0.15) is 4.31 Å². The molecule has 1 saturated heterocycles. The van der Waals surface area contributed by atoms with Crippen molar-refractivity contribution in [2.24, 2.45) is 4.99 Å². The zero-order chi connectivity index (χ0) is 17.9. The molecule has 0 unspecified atom stereocenters. The summed E-state index contributed by atoms with van der Waals surface area (Å²) in [6.45, 7) is 3.83. The van der Waals surface area contributed by atoms with Crippen LogP contribution in [0.1, 0.15) is 10.8 Å². The first-order valence-corrected chi connectivity index (χ1v) is 9.89. The van der Waals surface area contributed by atoms with Gasteiger partial charge in [0.25, 0.3) is 15.9 Å². The third kappa shape index (κ3) is 3.38. The van der Waals surface area contributed by atoms with Crippen LogP contribution in [0.3, 0.4) is 0 Å². The molecular weight excluding hydrogens is 356 g/mol. The first-order chi connectivity index (χ1) is 12.1. The second-order valence-corrected chi connectivity index (χ2v) is 8.10. The lowest BCUT2D eigenvalue weighted by atomic mass is 10.1. The first-order valence-electron chi connectivity index (χ1n) is 7.57. The Morgan fingerprint density at radius 1 is 1.08 bits per heavy atom. The van der Waals surface area contributed by atoms with Crippen LogP contribution in [0.4, 0.5) is 0 Å². The molecule has 2 aromatic rings.